The molecule has 0 aliphatic heterocycles. The molecule has 0 saturated heterocycles. The molecule has 7 heteroatoms. The summed E-state index contributed by atoms with van der Waals surface area (Å²) in [5.74, 6) is -1.60. The molecule has 1 heterocycles. The third-order valence-corrected chi connectivity index (χ3v) is 4.68. The molecule has 1 aromatic heterocycles. The fourth-order valence-electron chi connectivity index (χ4n) is 2.82. The van der Waals surface area contributed by atoms with Gasteiger partial charge in [-0.05, 0) is 36.4 Å². The molecule has 0 aliphatic carbocycles. The van der Waals surface area contributed by atoms with Crippen molar-refractivity contribution < 1.29 is 18.3 Å². The second kappa shape index (κ2) is 7.70. The summed E-state index contributed by atoms with van der Waals surface area (Å²) in [6.07, 6.45) is 0. The first-order valence-corrected chi connectivity index (χ1v) is 9.18. The van der Waals surface area contributed by atoms with E-state index in [1.807, 2.05) is 0 Å². The molecule has 0 atom stereocenters. The Hall–Kier alpha value is -3.15. The Morgan fingerprint density at radius 2 is 1.66 bits per heavy atom. The van der Waals surface area contributed by atoms with Gasteiger partial charge < -0.3 is 9.15 Å². The van der Waals surface area contributed by atoms with Crippen molar-refractivity contribution >= 4 is 40.1 Å². The number of ether oxygens (including phenoxy) is 1. The lowest BCUT2D eigenvalue weighted by atomic mass is 10.1. The molecule has 144 valence electrons. The van der Waals surface area contributed by atoms with Crippen molar-refractivity contribution in [2.75, 3.05) is 0 Å². The van der Waals surface area contributed by atoms with Crippen LogP contribution in [0.4, 0.5) is 4.39 Å². The predicted octanol–water partition coefficient (Wildman–Crippen LogP) is 6.13. The minimum absolute atomic E-state index is 0.0442. The van der Waals surface area contributed by atoms with Crippen LogP contribution >= 0.6 is 23.2 Å². The van der Waals surface area contributed by atoms with Gasteiger partial charge in [-0.1, -0.05) is 53.5 Å². The van der Waals surface area contributed by atoms with Crippen molar-refractivity contribution in [3.8, 4) is 17.1 Å². The number of hydrogen-bond acceptors (Lipinski definition) is 4. The van der Waals surface area contributed by atoms with Gasteiger partial charge in [0.1, 0.15) is 5.82 Å². The predicted molar refractivity (Wildman–Crippen MR) is 109 cm³/mol. The highest BCUT2D eigenvalue weighted by Gasteiger charge is 2.22. The number of fused-ring (bicyclic) bond motifs is 1. The molecule has 3 aromatic carbocycles. The van der Waals surface area contributed by atoms with Gasteiger partial charge in [-0.2, -0.15) is 0 Å². The van der Waals surface area contributed by atoms with Crippen LogP contribution in [-0.4, -0.2) is 5.97 Å². The van der Waals surface area contributed by atoms with Crippen molar-refractivity contribution in [2.45, 2.75) is 0 Å². The van der Waals surface area contributed by atoms with Crippen molar-refractivity contribution in [1.29, 1.82) is 0 Å². The smallest absolute Gasteiger partial charge is 0.343 e. The maximum atomic E-state index is 13.1. The standard InChI is InChI=1S/C22H11Cl2FO4/c23-14-10-16-18(26)21(29-22(27)13-6-8-15(25)9-7-13)19(12-4-2-1-3-5-12)28-20(16)17(24)11-14/h1-11H. The largest absolute Gasteiger partial charge is 0.450 e. The lowest BCUT2D eigenvalue weighted by Gasteiger charge is -2.11. The molecular weight excluding hydrogens is 418 g/mol. The number of halogens is 3. The maximum Gasteiger partial charge on any atom is 0.343 e. The third kappa shape index (κ3) is 3.75. The number of carbonyl (C=O) groups is 1. The summed E-state index contributed by atoms with van der Waals surface area (Å²) in [4.78, 5) is 25.7. The number of benzene rings is 3. The van der Waals surface area contributed by atoms with E-state index in [9.17, 15) is 14.0 Å². The Bertz CT molecular complexity index is 1280. The van der Waals surface area contributed by atoms with Gasteiger partial charge in [0.15, 0.2) is 11.3 Å². The fourth-order valence-corrected chi connectivity index (χ4v) is 3.35. The Labute approximate surface area is 174 Å². The number of rotatable bonds is 3. The quantitative estimate of drug-likeness (QED) is 0.368. The minimum Gasteiger partial charge on any atom is -0.450 e. The molecule has 0 N–H and O–H groups in total. The second-order valence-corrected chi connectivity index (χ2v) is 6.96. The monoisotopic (exact) mass is 428 g/mol. The van der Waals surface area contributed by atoms with E-state index in [0.717, 1.165) is 12.1 Å². The number of esters is 1. The lowest BCUT2D eigenvalue weighted by molar-refractivity contribution is 0.0731. The number of carbonyl (C=O) groups excluding carboxylic acids is 1. The van der Waals surface area contributed by atoms with E-state index in [2.05, 4.69) is 0 Å². The Morgan fingerprint density at radius 3 is 2.34 bits per heavy atom. The molecule has 29 heavy (non-hydrogen) atoms. The zero-order valence-electron chi connectivity index (χ0n) is 14.6. The van der Waals surface area contributed by atoms with Crippen LogP contribution in [0.2, 0.25) is 10.0 Å². The Kier molecular flexibility index (Phi) is 5.09. The summed E-state index contributed by atoms with van der Waals surface area (Å²) in [6, 6.07) is 16.3. The Balaban J connectivity index is 1.93. The molecule has 4 rings (SSSR count). The SMILES string of the molecule is O=C(Oc1c(-c2ccccc2)oc2c(Cl)cc(Cl)cc2c1=O)c1ccc(F)cc1. The van der Waals surface area contributed by atoms with E-state index >= 15 is 0 Å². The number of hydrogen-bond donors (Lipinski definition) is 0. The van der Waals surface area contributed by atoms with Crippen molar-refractivity contribution in [1.82, 2.24) is 0 Å². The van der Waals surface area contributed by atoms with Crippen molar-refractivity contribution in [3.63, 3.8) is 0 Å². The van der Waals surface area contributed by atoms with E-state index in [4.69, 9.17) is 32.4 Å². The summed E-state index contributed by atoms with van der Waals surface area (Å²) >= 11 is 12.2. The van der Waals surface area contributed by atoms with E-state index in [0.29, 0.717) is 5.56 Å². The maximum absolute atomic E-state index is 13.1. The minimum atomic E-state index is -0.832. The molecular formula is C22H11Cl2FO4. The average Bonchev–Trinajstić information content (AvgIpc) is 2.71. The van der Waals surface area contributed by atoms with Gasteiger partial charge in [0.05, 0.1) is 16.0 Å². The zero-order valence-corrected chi connectivity index (χ0v) is 16.1. The van der Waals surface area contributed by atoms with Crippen molar-refractivity contribution in [3.05, 3.63) is 98.4 Å². The van der Waals surface area contributed by atoms with Crippen LogP contribution in [0.5, 0.6) is 5.75 Å². The van der Waals surface area contributed by atoms with Gasteiger partial charge in [-0.25, -0.2) is 9.18 Å². The third-order valence-electron chi connectivity index (χ3n) is 4.18. The molecule has 0 saturated carbocycles. The topological polar surface area (TPSA) is 56.5 Å². The van der Waals surface area contributed by atoms with Gasteiger partial charge in [0.2, 0.25) is 11.2 Å². The molecule has 0 radical (unpaired) electrons. The van der Waals surface area contributed by atoms with Crippen LogP contribution in [0.1, 0.15) is 10.4 Å². The molecule has 0 fully saturated rings. The second-order valence-electron chi connectivity index (χ2n) is 6.12. The molecule has 0 amide bonds. The highest BCUT2D eigenvalue weighted by atomic mass is 35.5. The van der Waals surface area contributed by atoms with Crippen LogP contribution in [0.25, 0.3) is 22.3 Å². The van der Waals surface area contributed by atoms with Crippen LogP contribution in [0.3, 0.4) is 0 Å². The zero-order chi connectivity index (χ0) is 20.5. The first-order valence-electron chi connectivity index (χ1n) is 8.43. The van der Waals surface area contributed by atoms with Crippen LogP contribution in [0.15, 0.2) is 75.9 Å². The summed E-state index contributed by atoms with van der Waals surface area (Å²) in [5, 5.41) is 0.459. The first kappa shape index (κ1) is 19.2. The van der Waals surface area contributed by atoms with Crippen LogP contribution < -0.4 is 10.2 Å². The van der Waals surface area contributed by atoms with E-state index in [-0.39, 0.29) is 38.1 Å². The average molecular weight is 429 g/mol. The highest BCUT2D eigenvalue weighted by Crippen LogP contribution is 2.35. The Morgan fingerprint density at radius 1 is 0.966 bits per heavy atom. The molecule has 0 bridgehead atoms. The highest BCUT2D eigenvalue weighted by molar-refractivity contribution is 6.38. The summed E-state index contributed by atoms with van der Waals surface area (Å²) in [6.45, 7) is 0. The molecule has 4 nitrogen and oxygen atoms in total. The first-order chi connectivity index (χ1) is 13.9. The molecule has 0 unspecified atom stereocenters. The van der Waals surface area contributed by atoms with E-state index in [1.165, 1.54) is 24.3 Å². The normalized spacial score (nSPS) is 10.9. The summed E-state index contributed by atoms with van der Waals surface area (Å²) < 4.78 is 24.4. The van der Waals surface area contributed by atoms with E-state index in [1.54, 1.807) is 30.3 Å². The molecule has 0 spiro atoms. The van der Waals surface area contributed by atoms with Gasteiger partial charge in [0, 0.05) is 10.6 Å². The molecule has 0 aliphatic rings. The summed E-state index contributed by atoms with van der Waals surface area (Å²) in [7, 11) is 0. The van der Waals surface area contributed by atoms with E-state index < -0.39 is 17.2 Å². The molecule has 4 aromatic rings. The van der Waals surface area contributed by atoms with Crippen molar-refractivity contribution in [2.24, 2.45) is 0 Å². The van der Waals surface area contributed by atoms with Crippen LogP contribution in [0, 0.1) is 5.82 Å². The van der Waals surface area contributed by atoms with Gasteiger partial charge in [-0.15, -0.1) is 0 Å². The van der Waals surface area contributed by atoms with Crippen LogP contribution in [-0.2, 0) is 0 Å². The van der Waals surface area contributed by atoms with Gasteiger partial charge in [0.25, 0.3) is 0 Å². The van der Waals surface area contributed by atoms with Gasteiger partial charge in [-0.3, -0.25) is 4.79 Å². The van der Waals surface area contributed by atoms with Gasteiger partial charge >= 0.3 is 5.97 Å². The lowest BCUT2D eigenvalue weighted by Crippen LogP contribution is -2.16. The fraction of sp³-hybridized carbons (Fsp3) is 0. The summed E-state index contributed by atoms with van der Waals surface area (Å²) in [5.41, 5.74) is 0.111.